The Kier molecular flexibility index (Phi) is 4.99. The number of nitrogens with zero attached hydrogens (tertiary/aromatic N) is 1. The van der Waals surface area contributed by atoms with E-state index < -0.39 is 0 Å². The van der Waals surface area contributed by atoms with Crippen molar-refractivity contribution < 1.29 is 9.59 Å². The summed E-state index contributed by atoms with van der Waals surface area (Å²) in [6.07, 6.45) is 5.00. The lowest BCUT2D eigenvalue weighted by atomic mass is 10.0. The first kappa shape index (κ1) is 16.0. The highest BCUT2D eigenvalue weighted by molar-refractivity contribution is 5.89. The number of carbonyl (C=O) groups excluding carboxylic acids is 2. The smallest absolute Gasteiger partial charge is 0.225 e. The molecule has 1 aromatic carbocycles. The van der Waals surface area contributed by atoms with Gasteiger partial charge in [-0.3, -0.25) is 9.59 Å². The van der Waals surface area contributed by atoms with Crippen LogP contribution in [0.4, 0.5) is 0 Å². The van der Waals surface area contributed by atoms with Crippen molar-refractivity contribution >= 4 is 11.8 Å². The average Bonchev–Trinajstić information content (AvgIpc) is 3.22. The predicted octanol–water partition coefficient (Wildman–Crippen LogP) is 2.70. The van der Waals surface area contributed by atoms with Gasteiger partial charge in [-0.25, -0.2) is 0 Å². The van der Waals surface area contributed by atoms with Gasteiger partial charge in [-0.1, -0.05) is 50.1 Å². The molecule has 23 heavy (non-hydrogen) atoms. The molecule has 1 aliphatic heterocycles. The fourth-order valence-electron chi connectivity index (χ4n) is 3.77. The SMILES string of the molecule is C[C@H](CNC(=O)[C@@H]1CC(=O)N(C2CCCC2)C1)c1ccccc1. The number of benzene rings is 1. The number of hydrogen-bond donors (Lipinski definition) is 1. The molecule has 4 nitrogen and oxygen atoms in total. The maximum atomic E-state index is 12.4. The Labute approximate surface area is 138 Å². The van der Waals surface area contributed by atoms with E-state index in [0.29, 0.717) is 25.6 Å². The summed E-state index contributed by atoms with van der Waals surface area (Å²) < 4.78 is 0. The quantitative estimate of drug-likeness (QED) is 0.908. The van der Waals surface area contributed by atoms with Crippen molar-refractivity contribution in [3.63, 3.8) is 0 Å². The molecule has 2 aliphatic rings. The molecule has 3 rings (SSSR count). The molecular formula is C19H26N2O2. The third-order valence-corrected chi connectivity index (χ3v) is 5.25. The Morgan fingerprint density at radius 1 is 1.26 bits per heavy atom. The van der Waals surface area contributed by atoms with Crippen molar-refractivity contribution in [1.82, 2.24) is 10.2 Å². The van der Waals surface area contributed by atoms with Crippen molar-refractivity contribution in [2.75, 3.05) is 13.1 Å². The average molecular weight is 314 g/mol. The molecular weight excluding hydrogens is 288 g/mol. The number of likely N-dealkylation sites (tertiary alicyclic amines) is 1. The minimum atomic E-state index is -0.175. The van der Waals surface area contributed by atoms with Crippen LogP contribution < -0.4 is 5.32 Å². The summed E-state index contributed by atoms with van der Waals surface area (Å²) in [5.74, 6) is 0.295. The number of nitrogens with one attached hydrogen (secondary N) is 1. The van der Waals surface area contributed by atoms with Crippen LogP contribution in [0, 0.1) is 5.92 Å². The van der Waals surface area contributed by atoms with Crippen LogP contribution in [-0.4, -0.2) is 35.8 Å². The second-order valence-electron chi connectivity index (χ2n) is 6.94. The fourth-order valence-corrected chi connectivity index (χ4v) is 3.77. The van der Waals surface area contributed by atoms with Crippen LogP contribution >= 0.6 is 0 Å². The lowest BCUT2D eigenvalue weighted by Gasteiger charge is -2.24. The fraction of sp³-hybridized carbons (Fsp3) is 0.579. The van der Waals surface area contributed by atoms with E-state index in [0.717, 1.165) is 12.8 Å². The van der Waals surface area contributed by atoms with Crippen LogP contribution in [0.3, 0.4) is 0 Å². The monoisotopic (exact) mass is 314 g/mol. The van der Waals surface area contributed by atoms with Crippen LogP contribution in [0.15, 0.2) is 30.3 Å². The van der Waals surface area contributed by atoms with Crippen molar-refractivity contribution in [2.24, 2.45) is 5.92 Å². The van der Waals surface area contributed by atoms with Gasteiger partial charge in [-0.15, -0.1) is 0 Å². The van der Waals surface area contributed by atoms with E-state index in [4.69, 9.17) is 0 Å². The predicted molar refractivity (Wildman–Crippen MR) is 89.9 cm³/mol. The molecule has 1 saturated carbocycles. The summed E-state index contributed by atoms with van der Waals surface area (Å²) in [6.45, 7) is 3.34. The van der Waals surface area contributed by atoms with E-state index >= 15 is 0 Å². The number of amides is 2. The minimum absolute atomic E-state index is 0.0293. The Balaban J connectivity index is 1.50. The number of carbonyl (C=O) groups is 2. The molecule has 0 unspecified atom stereocenters. The molecule has 0 radical (unpaired) electrons. The third kappa shape index (κ3) is 3.74. The molecule has 0 spiro atoms. The molecule has 1 saturated heterocycles. The van der Waals surface area contributed by atoms with Crippen LogP contribution in [0.1, 0.15) is 50.5 Å². The highest BCUT2D eigenvalue weighted by Gasteiger charge is 2.38. The first-order chi connectivity index (χ1) is 11.1. The van der Waals surface area contributed by atoms with Gasteiger partial charge in [0, 0.05) is 25.6 Å². The maximum absolute atomic E-state index is 12.4. The summed E-state index contributed by atoms with van der Waals surface area (Å²) in [4.78, 5) is 26.5. The first-order valence-electron chi connectivity index (χ1n) is 8.77. The molecule has 0 aromatic heterocycles. The molecule has 1 N–H and O–H groups in total. The molecule has 2 fully saturated rings. The lowest BCUT2D eigenvalue weighted by Crippen LogP contribution is -2.37. The minimum Gasteiger partial charge on any atom is -0.355 e. The first-order valence-corrected chi connectivity index (χ1v) is 8.77. The van der Waals surface area contributed by atoms with Gasteiger partial charge in [0.1, 0.15) is 0 Å². The highest BCUT2D eigenvalue weighted by atomic mass is 16.2. The molecule has 124 valence electrons. The lowest BCUT2D eigenvalue weighted by molar-refractivity contribution is -0.130. The molecule has 2 atom stereocenters. The van der Waals surface area contributed by atoms with Crippen LogP contribution in [0.25, 0.3) is 0 Å². The van der Waals surface area contributed by atoms with Crippen molar-refractivity contribution in [1.29, 1.82) is 0 Å². The van der Waals surface area contributed by atoms with Gasteiger partial charge in [0.2, 0.25) is 11.8 Å². The third-order valence-electron chi connectivity index (χ3n) is 5.25. The second-order valence-corrected chi connectivity index (χ2v) is 6.94. The van der Waals surface area contributed by atoms with Gasteiger partial charge in [-0.2, -0.15) is 0 Å². The molecule has 2 amide bonds. The van der Waals surface area contributed by atoms with Crippen LogP contribution in [0.2, 0.25) is 0 Å². The van der Waals surface area contributed by atoms with Gasteiger partial charge in [0.05, 0.1) is 5.92 Å². The van der Waals surface area contributed by atoms with Crippen molar-refractivity contribution in [2.45, 2.75) is 51.0 Å². The van der Waals surface area contributed by atoms with E-state index in [-0.39, 0.29) is 23.7 Å². The van der Waals surface area contributed by atoms with Crippen LogP contribution in [0.5, 0.6) is 0 Å². The van der Waals surface area contributed by atoms with Crippen molar-refractivity contribution in [3.8, 4) is 0 Å². The highest BCUT2D eigenvalue weighted by Crippen LogP contribution is 2.29. The second kappa shape index (κ2) is 7.16. The Hall–Kier alpha value is -1.84. The van der Waals surface area contributed by atoms with Gasteiger partial charge < -0.3 is 10.2 Å². The molecule has 4 heteroatoms. The van der Waals surface area contributed by atoms with Gasteiger partial charge in [0.25, 0.3) is 0 Å². The Morgan fingerprint density at radius 3 is 2.65 bits per heavy atom. The maximum Gasteiger partial charge on any atom is 0.225 e. The number of hydrogen-bond acceptors (Lipinski definition) is 2. The molecule has 1 aromatic rings. The Morgan fingerprint density at radius 2 is 1.96 bits per heavy atom. The summed E-state index contributed by atoms with van der Waals surface area (Å²) in [6, 6.07) is 10.6. The molecule has 1 aliphatic carbocycles. The van der Waals surface area contributed by atoms with Gasteiger partial charge >= 0.3 is 0 Å². The zero-order valence-electron chi connectivity index (χ0n) is 13.8. The van der Waals surface area contributed by atoms with Crippen molar-refractivity contribution in [3.05, 3.63) is 35.9 Å². The van der Waals surface area contributed by atoms with E-state index in [1.54, 1.807) is 0 Å². The summed E-state index contributed by atoms with van der Waals surface area (Å²) in [5, 5.41) is 3.04. The number of rotatable bonds is 5. The normalized spacial score (nSPS) is 23.3. The summed E-state index contributed by atoms with van der Waals surface area (Å²) >= 11 is 0. The summed E-state index contributed by atoms with van der Waals surface area (Å²) in [7, 11) is 0. The Bertz CT molecular complexity index is 552. The zero-order chi connectivity index (χ0) is 16.2. The topological polar surface area (TPSA) is 49.4 Å². The summed E-state index contributed by atoms with van der Waals surface area (Å²) in [5.41, 5.74) is 1.22. The van der Waals surface area contributed by atoms with Gasteiger partial charge in [0.15, 0.2) is 0 Å². The van der Waals surface area contributed by atoms with Gasteiger partial charge in [-0.05, 0) is 24.3 Å². The zero-order valence-corrected chi connectivity index (χ0v) is 13.8. The largest absolute Gasteiger partial charge is 0.355 e. The van der Waals surface area contributed by atoms with E-state index in [2.05, 4.69) is 24.4 Å². The standard InChI is InChI=1S/C19H26N2O2/c1-14(15-7-3-2-4-8-15)12-20-19(23)16-11-18(22)21(13-16)17-9-5-6-10-17/h2-4,7-8,14,16-17H,5-6,9-13H2,1H3,(H,20,23)/t14-,16-/m1/s1. The molecule has 0 bridgehead atoms. The van der Waals surface area contributed by atoms with E-state index in [1.165, 1.54) is 18.4 Å². The van der Waals surface area contributed by atoms with E-state index in [1.807, 2.05) is 23.1 Å². The molecule has 1 heterocycles. The van der Waals surface area contributed by atoms with E-state index in [9.17, 15) is 9.59 Å². The van der Waals surface area contributed by atoms with Crippen LogP contribution in [-0.2, 0) is 9.59 Å².